The number of carbonyl (C=O) groups is 1. The second-order valence-electron chi connectivity index (χ2n) is 6.74. The lowest BCUT2D eigenvalue weighted by atomic mass is 9.99. The van der Waals surface area contributed by atoms with Crippen LogP contribution in [0.4, 0.5) is 0 Å². The highest BCUT2D eigenvalue weighted by molar-refractivity contribution is 6.06. The summed E-state index contributed by atoms with van der Waals surface area (Å²) in [7, 11) is 0. The summed E-state index contributed by atoms with van der Waals surface area (Å²) in [5.74, 6) is 0.624. The van der Waals surface area contributed by atoms with Gasteiger partial charge in [0.05, 0.1) is 18.8 Å². The molecule has 5 nitrogen and oxygen atoms in total. The van der Waals surface area contributed by atoms with E-state index < -0.39 is 0 Å². The standard InChI is InChI=1S/C19H24N2O3/c1-2-14-11-21(12-17(14)20-7-9-23-10-8-20)19(22)16-13-24-18-6-4-3-5-15(16)18/h3-6,13-14,17H,2,7-12H2,1H3/t14-,17-/m1/s1. The minimum atomic E-state index is 0.0918. The van der Waals surface area contributed by atoms with Crippen molar-refractivity contribution in [3.8, 4) is 0 Å². The summed E-state index contributed by atoms with van der Waals surface area (Å²) >= 11 is 0. The van der Waals surface area contributed by atoms with Gasteiger partial charge in [-0.05, 0) is 12.0 Å². The van der Waals surface area contributed by atoms with Crippen LogP contribution >= 0.6 is 0 Å². The smallest absolute Gasteiger partial charge is 0.257 e. The summed E-state index contributed by atoms with van der Waals surface area (Å²) in [5, 5.41) is 0.908. The van der Waals surface area contributed by atoms with E-state index >= 15 is 0 Å². The number of fused-ring (bicyclic) bond motifs is 1. The van der Waals surface area contributed by atoms with Crippen LogP contribution in [0.25, 0.3) is 11.0 Å². The molecule has 0 radical (unpaired) electrons. The van der Waals surface area contributed by atoms with Gasteiger partial charge in [0.25, 0.3) is 5.91 Å². The fraction of sp³-hybridized carbons (Fsp3) is 0.526. The van der Waals surface area contributed by atoms with E-state index in [1.807, 2.05) is 29.2 Å². The normalized spacial score (nSPS) is 25.5. The van der Waals surface area contributed by atoms with Crippen LogP contribution in [0.5, 0.6) is 0 Å². The Bertz CT molecular complexity index is 720. The average Bonchev–Trinajstić information content (AvgIpc) is 3.26. The maximum atomic E-state index is 13.0. The largest absolute Gasteiger partial charge is 0.463 e. The molecule has 0 N–H and O–H groups in total. The summed E-state index contributed by atoms with van der Waals surface area (Å²) in [6.07, 6.45) is 2.70. The van der Waals surface area contributed by atoms with Gasteiger partial charge >= 0.3 is 0 Å². The maximum Gasteiger partial charge on any atom is 0.257 e. The van der Waals surface area contributed by atoms with Crippen molar-refractivity contribution in [3.05, 3.63) is 36.1 Å². The van der Waals surface area contributed by atoms with Crippen molar-refractivity contribution in [1.82, 2.24) is 9.80 Å². The first-order valence-corrected chi connectivity index (χ1v) is 8.85. The third-order valence-electron chi connectivity index (χ3n) is 5.44. The van der Waals surface area contributed by atoms with Crippen molar-refractivity contribution >= 4 is 16.9 Å². The number of hydrogen-bond donors (Lipinski definition) is 0. The number of furan rings is 1. The first-order chi connectivity index (χ1) is 11.8. The Labute approximate surface area is 142 Å². The van der Waals surface area contributed by atoms with Gasteiger partial charge < -0.3 is 14.1 Å². The van der Waals surface area contributed by atoms with Gasteiger partial charge in [0, 0.05) is 37.6 Å². The number of ether oxygens (including phenoxy) is 1. The lowest BCUT2D eigenvalue weighted by Gasteiger charge is -2.34. The third kappa shape index (κ3) is 2.72. The molecule has 5 heteroatoms. The first-order valence-electron chi connectivity index (χ1n) is 8.85. The van der Waals surface area contributed by atoms with E-state index in [0.717, 1.165) is 56.8 Å². The van der Waals surface area contributed by atoms with Crippen molar-refractivity contribution in [2.45, 2.75) is 19.4 Å². The predicted octanol–water partition coefficient (Wildman–Crippen LogP) is 2.62. The topological polar surface area (TPSA) is 45.9 Å². The quantitative estimate of drug-likeness (QED) is 0.869. The van der Waals surface area contributed by atoms with E-state index in [0.29, 0.717) is 17.5 Å². The van der Waals surface area contributed by atoms with Gasteiger partial charge in [-0.2, -0.15) is 0 Å². The zero-order chi connectivity index (χ0) is 16.5. The minimum Gasteiger partial charge on any atom is -0.463 e. The second kappa shape index (κ2) is 6.57. The molecule has 2 aromatic rings. The maximum absolute atomic E-state index is 13.0. The predicted molar refractivity (Wildman–Crippen MR) is 92.1 cm³/mol. The van der Waals surface area contributed by atoms with E-state index in [1.165, 1.54) is 0 Å². The molecule has 2 aliphatic heterocycles. The number of benzene rings is 1. The SMILES string of the molecule is CC[C@@H]1CN(C(=O)c2coc3ccccc23)C[C@H]1N1CCOCC1. The summed E-state index contributed by atoms with van der Waals surface area (Å²) in [4.78, 5) is 17.5. The number of nitrogens with zero attached hydrogens (tertiary/aromatic N) is 2. The van der Waals surface area contributed by atoms with Gasteiger partial charge in [-0.3, -0.25) is 9.69 Å². The molecular formula is C19H24N2O3. The molecule has 128 valence electrons. The van der Waals surface area contributed by atoms with Crippen LogP contribution in [-0.4, -0.2) is 61.1 Å². The van der Waals surface area contributed by atoms with E-state index in [4.69, 9.17) is 9.15 Å². The Hall–Kier alpha value is -1.85. The molecule has 2 fully saturated rings. The third-order valence-corrected chi connectivity index (χ3v) is 5.44. The highest BCUT2D eigenvalue weighted by Crippen LogP contribution is 2.29. The number of carbonyl (C=O) groups excluding carboxylic acids is 1. The second-order valence-corrected chi connectivity index (χ2v) is 6.74. The molecule has 0 unspecified atom stereocenters. The molecule has 3 heterocycles. The molecule has 2 aliphatic rings. The Balaban J connectivity index is 1.55. The van der Waals surface area contributed by atoms with Crippen LogP contribution in [0.15, 0.2) is 34.9 Å². The molecule has 1 amide bonds. The van der Waals surface area contributed by atoms with Crippen molar-refractivity contribution < 1.29 is 13.9 Å². The Morgan fingerprint density at radius 3 is 2.79 bits per heavy atom. The van der Waals surface area contributed by atoms with Gasteiger partial charge in [-0.15, -0.1) is 0 Å². The Morgan fingerprint density at radius 2 is 2.00 bits per heavy atom. The number of morpholine rings is 1. The van der Waals surface area contributed by atoms with Gasteiger partial charge in [0.15, 0.2) is 0 Å². The number of rotatable bonds is 3. The lowest BCUT2D eigenvalue weighted by Crippen LogP contribution is -2.47. The van der Waals surface area contributed by atoms with Crippen LogP contribution in [0.3, 0.4) is 0 Å². The fourth-order valence-corrected chi connectivity index (χ4v) is 4.06. The van der Waals surface area contributed by atoms with Crippen LogP contribution < -0.4 is 0 Å². The highest BCUT2D eigenvalue weighted by Gasteiger charge is 2.38. The van der Waals surface area contributed by atoms with E-state index in [-0.39, 0.29) is 5.91 Å². The van der Waals surface area contributed by atoms with E-state index in [9.17, 15) is 4.79 Å². The van der Waals surface area contributed by atoms with Crippen molar-refractivity contribution in [2.75, 3.05) is 39.4 Å². The van der Waals surface area contributed by atoms with Crippen LogP contribution in [0.2, 0.25) is 0 Å². The van der Waals surface area contributed by atoms with Gasteiger partial charge in [0.2, 0.25) is 0 Å². The summed E-state index contributed by atoms with van der Waals surface area (Å²) in [6, 6.07) is 8.18. The number of para-hydroxylation sites is 1. The average molecular weight is 328 g/mol. The molecule has 0 aliphatic carbocycles. The molecule has 0 saturated carbocycles. The van der Waals surface area contributed by atoms with Crippen molar-refractivity contribution in [1.29, 1.82) is 0 Å². The Morgan fingerprint density at radius 1 is 1.21 bits per heavy atom. The highest BCUT2D eigenvalue weighted by atomic mass is 16.5. The van der Waals surface area contributed by atoms with Crippen molar-refractivity contribution in [2.24, 2.45) is 5.92 Å². The minimum absolute atomic E-state index is 0.0918. The first kappa shape index (κ1) is 15.7. The molecule has 2 saturated heterocycles. The van der Waals surface area contributed by atoms with Gasteiger partial charge in [-0.25, -0.2) is 0 Å². The lowest BCUT2D eigenvalue weighted by molar-refractivity contribution is 0.0103. The van der Waals surface area contributed by atoms with Gasteiger partial charge in [-0.1, -0.05) is 31.5 Å². The summed E-state index contributed by atoms with van der Waals surface area (Å²) < 4.78 is 11.0. The zero-order valence-electron chi connectivity index (χ0n) is 14.1. The molecule has 24 heavy (non-hydrogen) atoms. The monoisotopic (exact) mass is 328 g/mol. The molecule has 0 bridgehead atoms. The molecular weight excluding hydrogens is 304 g/mol. The summed E-state index contributed by atoms with van der Waals surface area (Å²) in [6.45, 7) is 7.39. The number of hydrogen-bond acceptors (Lipinski definition) is 4. The van der Waals surface area contributed by atoms with Crippen molar-refractivity contribution in [3.63, 3.8) is 0 Å². The molecule has 0 spiro atoms. The Kier molecular flexibility index (Phi) is 4.29. The summed E-state index contributed by atoms with van der Waals surface area (Å²) in [5.41, 5.74) is 1.46. The molecule has 1 aromatic carbocycles. The fourth-order valence-electron chi connectivity index (χ4n) is 4.06. The molecule has 4 rings (SSSR count). The van der Waals surface area contributed by atoms with Gasteiger partial charge in [0.1, 0.15) is 11.8 Å². The molecule has 2 atom stereocenters. The van der Waals surface area contributed by atoms with Crippen LogP contribution in [0.1, 0.15) is 23.7 Å². The van der Waals surface area contributed by atoms with E-state index in [2.05, 4.69) is 11.8 Å². The van der Waals surface area contributed by atoms with Crippen LogP contribution in [-0.2, 0) is 4.74 Å². The van der Waals surface area contributed by atoms with E-state index in [1.54, 1.807) is 6.26 Å². The van der Waals surface area contributed by atoms with Crippen LogP contribution in [0, 0.1) is 5.92 Å². The number of likely N-dealkylation sites (tertiary alicyclic amines) is 1. The number of amides is 1. The molecule has 1 aromatic heterocycles. The zero-order valence-corrected chi connectivity index (χ0v) is 14.1.